The summed E-state index contributed by atoms with van der Waals surface area (Å²) in [5.41, 5.74) is 2.46. The van der Waals surface area contributed by atoms with Crippen molar-refractivity contribution in [2.75, 3.05) is 19.8 Å². The van der Waals surface area contributed by atoms with Gasteiger partial charge in [0.15, 0.2) is 0 Å². The third-order valence-electron chi connectivity index (χ3n) is 4.17. The molecule has 0 spiro atoms. The number of aromatic nitrogens is 2. The predicted molar refractivity (Wildman–Crippen MR) is 69.3 cm³/mol. The van der Waals surface area contributed by atoms with Crippen LogP contribution in [0.5, 0.6) is 0 Å². The number of hydrogen-bond acceptors (Lipinski definition) is 4. The molecular weight excluding hydrogens is 228 g/mol. The van der Waals surface area contributed by atoms with Gasteiger partial charge in [-0.2, -0.15) is 0 Å². The van der Waals surface area contributed by atoms with E-state index in [1.54, 1.807) is 6.33 Å². The van der Waals surface area contributed by atoms with E-state index in [1.165, 1.54) is 17.8 Å². The maximum Gasteiger partial charge on any atom is 0.0925 e. The Hall–Kier alpha value is -0.910. The van der Waals surface area contributed by atoms with Gasteiger partial charge in [0.05, 0.1) is 24.3 Å². The van der Waals surface area contributed by atoms with Gasteiger partial charge >= 0.3 is 0 Å². The van der Waals surface area contributed by atoms with Crippen molar-refractivity contribution in [3.05, 3.63) is 17.7 Å². The zero-order valence-electron chi connectivity index (χ0n) is 10.9. The molecule has 18 heavy (non-hydrogen) atoms. The van der Waals surface area contributed by atoms with Crippen molar-refractivity contribution in [1.29, 1.82) is 0 Å². The third-order valence-corrected chi connectivity index (χ3v) is 4.17. The van der Waals surface area contributed by atoms with E-state index in [1.807, 2.05) is 0 Å². The molecule has 0 saturated carbocycles. The quantitative estimate of drug-likeness (QED) is 0.725. The first kappa shape index (κ1) is 12.1. The molecule has 2 aliphatic rings. The van der Waals surface area contributed by atoms with Gasteiger partial charge in [-0.3, -0.25) is 0 Å². The lowest BCUT2D eigenvalue weighted by Crippen LogP contribution is -2.46. The van der Waals surface area contributed by atoms with Crippen LogP contribution in [0, 0.1) is 5.92 Å². The van der Waals surface area contributed by atoms with Crippen molar-refractivity contribution in [2.24, 2.45) is 5.92 Å². The molecule has 3 atom stereocenters. The highest BCUT2D eigenvalue weighted by Gasteiger charge is 2.24. The van der Waals surface area contributed by atoms with Crippen molar-refractivity contribution in [3.8, 4) is 0 Å². The molecule has 0 amide bonds. The third kappa shape index (κ3) is 2.58. The van der Waals surface area contributed by atoms with Crippen molar-refractivity contribution < 1.29 is 4.74 Å². The zero-order chi connectivity index (χ0) is 12.4. The maximum absolute atomic E-state index is 5.44. The number of nitrogens with one attached hydrogen (secondary N) is 3. The second-order valence-corrected chi connectivity index (χ2v) is 5.43. The summed E-state index contributed by atoms with van der Waals surface area (Å²) in [7, 11) is 0. The van der Waals surface area contributed by atoms with E-state index in [2.05, 4.69) is 27.5 Å². The Balaban J connectivity index is 1.46. The summed E-state index contributed by atoms with van der Waals surface area (Å²) >= 11 is 0. The molecule has 3 rings (SSSR count). The molecule has 0 aliphatic carbocycles. The van der Waals surface area contributed by atoms with Crippen LogP contribution in [0.1, 0.15) is 24.7 Å². The first-order chi connectivity index (χ1) is 8.83. The highest BCUT2D eigenvalue weighted by molar-refractivity contribution is 5.15. The van der Waals surface area contributed by atoms with Crippen LogP contribution in [0.2, 0.25) is 0 Å². The fourth-order valence-corrected chi connectivity index (χ4v) is 2.82. The van der Waals surface area contributed by atoms with Crippen LogP contribution in [0.15, 0.2) is 6.33 Å². The lowest BCUT2D eigenvalue weighted by atomic mass is 9.99. The summed E-state index contributed by atoms with van der Waals surface area (Å²) in [4.78, 5) is 7.55. The van der Waals surface area contributed by atoms with E-state index in [0.29, 0.717) is 18.0 Å². The fourth-order valence-electron chi connectivity index (χ4n) is 2.82. The minimum atomic E-state index is 0.491. The smallest absolute Gasteiger partial charge is 0.0925 e. The molecule has 3 heterocycles. The highest BCUT2D eigenvalue weighted by atomic mass is 16.5. The van der Waals surface area contributed by atoms with Gasteiger partial charge in [-0.05, 0) is 19.3 Å². The highest BCUT2D eigenvalue weighted by Crippen LogP contribution is 2.17. The minimum Gasteiger partial charge on any atom is -0.381 e. The first-order valence-electron chi connectivity index (χ1n) is 6.88. The molecule has 3 unspecified atom stereocenters. The fraction of sp³-hybridized carbons (Fsp3) is 0.769. The van der Waals surface area contributed by atoms with Crippen LogP contribution >= 0.6 is 0 Å². The van der Waals surface area contributed by atoms with Gasteiger partial charge in [0.25, 0.3) is 0 Å². The molecule has 0 bridgehead atoms. The topological polar surface area (TPSA) is 62.0 Å². The molecule has 1 saturated heterocycles. The first-order valence-corrected chi connectivity index (χ1v) is 6.88. The molecule has 5 nitrogen and oxygen atoms in total. The number of fused-ring (bicyclic) bond motifs is 1. The number of H-pyrrole nitrogens is 1. The number of ether oxygens (including phenoxy) is 1. The molecule has 100 valence electrons. The van der Waals surface area contributed by atoms with Crippen LogP contribution < -0.4 is 10.6 Å². The van der Waals surface area contributed by atoms with E-state index in [4.69, 9.17) is 4.74 Å². The SMILES string of the molecule is CC(NCC1Cc2nc[nH]c2CN1)C1CCOC1. The van der Waals surface area contributed by atoms with Gasteiger partial charge in [0.1, 0.15) is 0 Å². The summed E-state index contributed by atoms with van der Waals surface area (Å²) in [5.74, 6) is 0.675. The van der Waals surface area contributed by atoms with Crippen LogP contribution in [0.3, 0.4) is 0 Å². The molecule has 1 aromatic rings. The normalized spacial score (nSPS) is 29.2. The van der Waals surface area contributed by atoms with Crippen LogP contribution in [0.25, 0.3) is 0 Å². The molecule has 2 aliphatic heterocycles. The largest absolute Gasteiger partial charge is 0.381 e. The Morgan fingerprint density at radius 1 is 1.61 bits per heavy atom. The van der Waals surface area contributed by atoms with Crippen LogP contribution in [-0.2, 0) is 17.7 Å². The van der Waals surface area contributed by atoms with Crippen molar-refractivity contribution in [2.45, 2.75) is 38.4 Å². The molecule has 1 aromatic heterocycles. The average Bonchev–Trinajstić information content (AvgIpc) is 3.05. The van der Waals surface area contributed by atoms with E-state index in [-0.39, 0.29) is 0 Å². The molecule has 0 radical (unpaired) electrons. The monoisotopic (exact) mass is 250 g/mol. The summed E-state index contributed by atoms with van der Waals surface area (Å²) in [6.45, 7) is 6.01. The summed E-state index contributed by atoms with van der Waals surface area (Å²) in [6.07, 6.45) is 4.00. The van der Waals surface area contributed by atoms with E-state index < -0.39 is 0 Å². The zero-order valence-corrected chi connectivity index (χ0v) is 10.9. The molecule has 0 aromatic carbocycles. The Morgan fingerprint density at radius 2 is 2.56 bits per heavy atom. The van der Waals surface area contributed by atoms with Crippen LogP contribution in [0.4, 0.5) is 0 Å². The van der Waals surface area contributed by atoms with Crippen molar-refractivity contribution in [1.82, 2.24) is 20.6 Å². The van der Waals surface area contributed by atoms with Gasteiger partial charge in [0.2, 0.25) is 0 Å². The van der Waals surface area contributed by atoms with E-state index in [9.17, 15) is 0 Å². The maximum atomic E-state index is 5.44. The molecular formula is C13H22N4O. The van der Waals surface area contributed by atoms with Gasteiger partial charge in [0, 0.05) is 38.2 Å². The summed E-state index contributed by atoms with van der Waals surface area (Å²) in [5, 5.41) is 7.18. The Labute approximate surface area is 108 Å². The number of aromatic amines is 1. The van der Waals surface area contributed by atoms with Gasteiger partial charge in [-0.25, -0.2) is 4.98 Å². The van der Waals surface area contributed by atoms with Gasteiger partial charge in [-0.15, -0.1) is 0 Å². The second-order valence-electron chi connectivity index (χ2n) is 5.43. The van der Waals surface area contributed by atoms with E-state index >= 15 is 0 Å². The predicted octanol–water partition coefficient (Wildman–Crippen LogP) is 0.439. The Morgan fingerprint density at radius 3 is 3.39 bits per heavy atom. The second kappa shape index (κ2) is 5.38. The Bertz CT molecular complexity index is 386. The average molecular weight is 250 g/mol. The van der Waals surface area contributed by atoms with Crippen molar-refractivity contribution in [3.63, 3.8) is 0 Å². The summed E-state index contributed by atoms with van der Waals surface area (Å²) in [6, 6.07) is 1.03. The van der Waals surface area contributed by atoms with E-state index in [0.717, 1.165) is 32.7 Å². The number of hydrogen-bond donors (Lipinski definition) is 3. The molecule has 3 N–H and O–H groups in total. The number of rotatable bonds is 4. The standard InChI is InChI=1S/C13H22N4O/c1-9(10-2-3-18-7-10)14-5-11-4-12-13(6-15-11)17-8-16-12/h8-11,14-15H,2-7H2,1H3,(H,16,17). The minimum absolute atomic E-state index is 0.491. The summed E-state index contributed by atoms with van der Waals surface area (Å²) < 4.78 is 5.44. The Kier molecular flexibility index (Phi) is 3.63. The number of nitrogens with zero attached hydrogens (tertiary/aromatic N) is 1. The molecule has 1 fully saturated rings. The van der Waals surface area contributed by atoms with Crippen LogP contribution in [-0.4, -0.2) is 41.8 Å². The van der Waals surface area contributed by atoms with Crippen molar-refractivity contribution >= 4 is 0 Å². The number of imidazole rings is 1. The lowest BCUT2D eigenvalue weighted by Gasteiger charge is -2.26. The van der Waals surface area contributed by atoms with Gasteiger partial charge < -0.3 is 20.4 Å². The molecule has 5 heteroatoms. The lowest BCUT2D eigenvalue weighted by molar-refractivity contribution is 0.178. The van der Waals surface area contributed by atoms with Gasteiger partial charge in [-0.1, -0.05) is 0 Å².